The van der Waals surface area contributed by atoms with Gasteiger partial charge in [-0.1, -0.05) is 6.07 Å². The third-order valence-electron chi connectivity index (χ3n) is 4.96. The summed E-state index contributed by atoms with van der Waals surface area (Å²) in [5.41, 5.74) is 1.57. The van der Waals surface area contributed by atoms with Gasteiger partial charge >= 0.3 is 0 Å². The maximum atomic E-state index is 12.2. The second kappa shape index (κ2) is 7.04. The van der Waals surface area contributed by atoms with Crippen molar-refractivity contribution in [1.82, 2.24) is 10.2 Å². The average molecular weight is 366 g/mol. The van der Waals surface area contributed by atoms with E-state index >= 15 is 0 Å². The number of carbonyl (C=O) groups excluding carboxylic acids is 2. The van der Waals surface area contributed by atoms with Crippen LogP contribution in [-0.2, 0) is 9.59 Å². The van der Waals surface area contributed by atoms with Crippen molar-refractivity contribution in [2.24, 2.45) is 0 Å². The van der Waals surface area contributed by atoms with Crippen LogP contribution in [-0.4, -0.2) is 44.0 Å². The van der Waals surface area contributed by atoms with Gasteiger partial charge in [-0.3, -0.25) is 14.9 Å². The molecule has 0 saturated carbocycles. The van der Waals surface area contributed by atoms with E-state index in [-0.39, 0.29) is 17.7 Å². The molecule has 2 amide bonds. The Morgan fingerprint density at radius 1 is 1.19 bits per heavy atom. The van der Waals surface area contributed by atoms with E-state index in [1.807, 2.05) is 44.4 Å². The zero-order chi connectivity index (χ0) is 19.0. The molecule has 6 nitrogen and oxygen atoms in total. The van der Waals surface area contributed by atoms with Crippen LogP contribution < -0.4 is 10.1 Å². The zero-order valence-corrected chi connectivity index (χ0v) is 15.5. The summed E-state index contributed by atoms with van der Waals surface area (Å²) < 4.78 is 11.5. The summed E-state index contributed by atoms with van der Waals surface area (Å²) in [5, 5.41) is 5.40. The third kappa shape index (κ3) is 3.53. The van der Waals surface area contributed by atoms with Gasteiger partial charge < -0.3 is 14.1 Å². The van der Waals surface area contributed by atoms with Crippen LogP contribution in [0.5, 0.6) is 5.75 Å². The molecule has 0 bridgehead atoms. The SMILES string of the molecule is CN(C)CCOc1ccc2cc3occ([C@@H]4CCC(=O)NC4=O)c3cc2c1. The van der Waals surface area contributed by atoms with Crippen molar-refractivity contribution in [3.63, 3.8) is 0 Å². The van der Waals surface area contributed by atoms with Crippen LogP contribution in [0.1, 0.15) is 24.3 Å². The van der Waals surface area contributed by atoms with Gasteiger partial charge in [0.15, 0.2) is 0 Å². The lowest BCUT2D eigenvalue weighted by Crippen LogP contribution is -2.39. The van der Waals surface area contributed by atoms with E-state index < -0.39 is 0 Å². The normalized spacial score (nSPS) is 17.7. The second-order valence-corrected chi connectivity index (χ2v) is 7.20. The van der Waals surface area contributed by atoms with Crippen LogP contribution in [0.4, 0.5) is 0 Å². The molecule has 0 spiro atoms. The first-order valence-electron chi connectivity index (χ1n) is 9.07. The maximum absolute atomic E-state index is 12.2. The summed E-state index contributed by atoms with van der Waals surface area (Å²) in [4.78, 5) is 25.7. The van der Waals surface area contributed by atoms with E-state index in [4.69, 9.17) is 9.15 Å². The summed E-state index contributed by atoms with van der Waals surface area (Å²) in [7, 11) is 4.02. The minimum atomic E-state index is -0.360. The minimum Gasteiger partial charge on any atom is -0.492 e. The molecule has 2 aromatic carbocycles. The fourth-order valence-electron chi connectivity index (χ4n) is 3.46. The Morgan fingerprint density at radius 2 is 2.04 bits per heavy atom. The Balaban J connectivity index is 1.67. The lowest BCUT2D eigenvalue weighted by molar-refractivity contribution is -0.134. The highest BCUT2D eigenvalue weighted by atomic mass is 16.5. The number of hydrogen-bond donors (Lipinski definition) is 1. The molecule has 2 heterocycles. The summed E-state index contributed by atoms with van der Waals surface area (Å²) in [6.07, 6.45) is 2.49. The number of amides is 2. The van der Waals surface area contributed by atoms with E-state index in [1.54, 1.807) is 6.26 Å². The van der Waals surface area contributed by atoms with Crippen LogP contribution in [0.15, 0.2) is 41.0 Å². The number of likely N-dealkylation sites (N-methyl/N-ethyl adjacent to an activating group) is 1. The first-order valence-corrected chi connectivity index (χ1v) is 9.07. The molecule has 1 atom stereocenters. The molecule has 140 valence electrons. The molecule has 1 aliphatic heterocycles. The molecule has 0 aliphatic carbocycles. The smallest absolute Gasteiger partial charge is 0.234 e. The number of rotatable bonds is 5. The fourth-order valence-corrected chi connectivity index (χ4v) is 3.46. The lowest BCUT2D eigenvalue weighted by Gasteiger charge is -2.19. The van der Waals surface area contributed by atoms with Crippen molar-refractivity contribution in [2.45, 2.75) is 18.8 Å². The number of carbonyl (C=O) groups is 2. The molecule has 1 saturated heterocycles. The second-order valence-electron chi connectivity index (χ2n) is 7.20. The van der Waals surface area contributed by atoms with Crippen LogP contribution in [0, 0.1) is 0 Å². The number of ether oxygens (including phenoxy) is 1. The van der Waals surface area contributed by atoms with Gasteiger partial charge in [0, 0.05) is 23.9 Å². The number of imide groups is 1. The van der Waals surface area contributed by atoms with Gasteiger partial charge in [-0.2, -0.15) is 0 Å². The predicted octanol–water partition coefficient (Wildman–Crippen LogP) is 3.05. The zero-order valence-electron chi connectivity index (χ0n) is 15.5. The molecule has 1 fully saturated rings. The quantitative estimate of drug-likeness (QED) is 0.703. The van der Waals surface area contributed by atoms with Crippen LogP contribution >= 0.6 is 0 Å². The highest BCUT2D eigenvalue weighted by molar-refractivity contribution is 6.04. The fraction of sp³-hybridized carbons (Fsp3) is 0.333. The van der Waals surface area contributed by atoms with Crippen molar-refractivity contribution >= 4 is 33.6 Å². The summed E-state index contributed by atoms with van der Waals surface area (Å²) in [6.45, 7) is 1.46. The minimum absolute atomic E-state index is 0.214. The van der Waals surface area contributed by atoms with Crippen molar-refractivity contribution in [3.05, 3.63) is 42.2 Å². The van der Waals surface area contributed by atoms with E-state index in [0.29, 0.717) is 19.4 Å². The number of benzene rings is 2. The molecular formula is C21H22N2O4. The van der Waals surface area contributed by atoms with Crippen molar-refractivity contribution in [3.8, 4) is 5.75 Å². The van der Waals surface area contributed by atoms with Gasteiger partial charge in [-0.05, 0) is 55.6 Å². The number of furan rings is 1. The summed E-state index contributed by atoms with van der Waals surface area (Å²) >= 11 is 0. The van der Waals surface area contributed by atoms with Gasteiger partial charge in [0.25, 0.3) is 0 Å². The molecule has 1 N–H and O–H groups in total. The van der Waals surface area contributed by atoms with E-state index in [9.17, 15) is 9.59 Å². The number of fused-ring (bicyclic) bond motifs is 2. The molecule has 3 aromatic rings. The molecule has 1 aliphatic rings. The predicted molar refractivity (Wildman–Crippen MR) is 103 cm³/mol. The molecule has 0 unspecified atom stereocenters. The summed E-state index contributed by atoms with van der Waals surface area (Å²) in [5.74, 6) is -0.0143. The Bertz CT molecular complexity index is 1020. The topological polar surface area (TPSA) is 71.8 Å². The number of nitrogens with one attached hydrogen (secondary N) is 1. The van der Waals surface area contributed by atoms with E-state index in [2.05, 4.69) is 10.2 Å². The van der Waals surface area contributed by atoms with Crippen molar-refractivity contribution in [2.75, 3.05) is 27.2 Å². The van der Waals surface area contributed by atoms with Crippen molar-refractivity contribution in [1.29, 1.82) is 0 Å². The molecule has 27 heavy (non-hydrogen) atoms. The van der Waals surface area contributed by atoms with E-state index in [0.717, 1.165) is 39.6 Å². The van der Waals surface area contributed by atoms with Crippen LogP contribution in [0.3, 0.4) is 0 Å². The maximum Gasteiger partial charge on any atom is 0.234 e. The molecule has 0 radical (unpaired) electrons. The monoisotopic (exact) mass is 366 g/mol. The van der Waals surface area contributed by atoms with Crippen LogP contribution in [0.2, 0.25) is 0 Å². The van der Waals surface area contributed by atoms with Gasteiger partial charge in [-0.15, -0.1) is 0 Å². The molecule has 1 aromatic heterocycles. The van der Waals surface area contributed by atoms with Gasteiger partial charge in [0.05, 0.1) is 12.2 Å². The number of piperidine rings is 1. The van der Waals surface area contributed by atoms with Crippen LogP contribution in [0.25, 0.3) is 21.7 Å². The molecule has 4 rings (SSSR count). The average Bonchev–Trinajstić information content (AvgIpc) is 3.02. The summed E-state index contributed by atoms with van der Waals surface area (Å²) in [6, 6.07) is 9.98. The largest absolute Gasteiger partial charge is 0.492 e. The lowest BCUT2D eigenvalue weighted by atomic mass is 9.90. The Hall–Kier alpha value is -2.86. The number of nitrogens with zero attached hydrogens (tertiary/aromatic N) is 1. The highest BCUT2D eigenvalue weighted by Crippen LogP contribution is 2.35. The Morgan fingerprint density at radius 3 is 2.81 bits per heavy atom. The third-order valence-corrected chi connectivity index (χ3v) is 4.96. The van der Waals surface area contributed by atoms with Gasteiger partial charge in [-0.25, -0.2) is 0 Å². The highest BCUT2D eigenvalue weighted by Gasteiger charge is 2.30. The van der Waals surface area contributed by atoms with Gasteiger partial charge in [0.1, 0.15) is 17.9 Å². The Kier molecular flexibility index (Phi) is 4.58. The standard InChI is InChI=1S/C21H22N2O4/c1-23(2)7-8-26-15-4-3-13-11-19-17(10-14(13)9-15)18(12-27-19)16-5-6-20(24)22-21(16)25/h3-4,9-12,16H,5-8H2,1-2H3,(H,22,24,25)/t16-/m0/s1. The molecule has 6 heteroatoms. The Labute approximate surface area is 157 Å². The van der Waals surface area contributed by atoms with E-state index in [1.165, 1.54) is 0 Å². The first-order chi connectivity index (χ1) is 13.0. The molecular weight excluding hydrogens is 344 g/mol. The van der Waals surface area contributed by atoms with Crippen molar-refractivity contribution < 1.29 is 18.7 Å². The number of hydrogen-bond acceptors (Lipinski definition) is 5. The van der Waals surface area contributed by atoms with Gasteiger partial charge in [0.2, 0.25) is 11.8 Å². The first kappa shape index (κ1) is 17.5.